The van der Waals surface area contributed by atoms with E-state index in [1.165, 1.54) is 0 Å². The van der Waals surface area contributed by atoms with Crippen LogP contribution in [0.25, 0.3) is 10.8 Å². The van der Waals surface area contributed by atoms with Gasteiger partial charge in [-0.1, -0.05) is 60.2 Å². The first kappa shape index (κ1) is 17.0. The van der Waals surface area contributed by atoms with Crippen molar-refractivity contribution >= 4 is 34.3 Å². The van der Waals surface area contributed by atoms with E-state index in [0.717, 1.165) is 37.3 Å². The first-order chi connectivity index (χ1) is 13.0. The molecule has 3 aromatic carbocycles. The largest absolute Gasteiger partial charge is 0.339 e. The number of benzene rings is 3. The number of urea groups is 1. The molecule has 1 aliphatic rings. The van der Waals surface area contributed by atoms with Crippen molar-refractivity contribution in [3.63, 3.8) is 0 Å². The van der Waals surface area contributed by atoms with Gasteiger partial charge in [0.2, 0.25) is 0 Å². The van der Waals surface area contributed by atoms with Crippen LogP contribution in [0, 0.1) is 13.8 Å². The number of fused-ring (bicyclic) bond motifs is 1. The van der Waals surface area contributed by atoms with E-state index in [9.17, 15) is 14.4 Å². The summed E-state index contributed by atoms with van der Waals surface area (Å²) in [4.78, 5) is 40.0. The first-order valence-corrected chi connectivity index (χ1v) is 8.71. The summed E-state index contributed by atoms with van der Waals surface area (Å²) in [6, 6.07) is 18.3. The minimum absolute atomic E-state index is 0.0617. The Hall–Kier alpha value is -3.47. The van der Waals surface area contributed by atoms with Crippen LogP contribution in [0.3, 0.4) is 0 Å². The minimum Gasteiger partial charge on any atom is -0.263 e. The van der Waals surface area contributed by atoms with Crippen LogP contribution in [-0.4, -0.2) is 22.7 Å². The molecule has 4 rings (SSSR count). The maximum absolute atomic E-state index is 12.9. The van der Waals surface area contributed by atoms with Gasteiger partial charge in [-0.3, -0.25) is 14.5 Å². The Kier molecular flexibility index (Phi) is 4.00. The molecule has 0 bridgehead atoms. The predicted molar refractivity (Wildman–Crippen MR) is 103 cm³/mol. The van der Waals surface area contributed by atoms with Gasteiger partial charge in [0.1, 0.15) is 0 Å². The summed E-state index contributed by atoms with van der Waals surface area (Å²) in [5.41, 5.74) is 3.07. The van der Waals surface area contributed by atoms with Crippen LogP contribution in [0.5, 0.6) is 0 Å². The standard InChI is InChI=1S/C22H18N2O3/c1-14-10-11-19(15(2)12-14)24-21(26)20(25)23(22(24)27)13-17-8-5-7-16-6-3-4-9-18(16)17/h3-12H,13H2,1-2H3. The lowest BCUT2D eigenvalue weighted by Crippen LogP contribution is -2.33. The second-order valence-corrected chi connectivity index (χ2v) is 6.74. The molecule has 1 aliphatic heterocycles. The van der Waals surface area contributed by atoms with Crippen molar-refractivity contribution in [2.45, 2.75) is 20.4 Å². The SMILES string of the molecule is Cc1ccc(N2C(=O)C(=O)N(Cc3cccc4ccccc34)C2=O)c(C)c1. The zero-order valence-electron chi connectivity index (χ0n) is 15.1. The predicted octanol–water partition coefficient (Wildman–Crippen LogP) is 3.95. The third-order valence-corrected chi connectivity index (χ3v) is 4.85. The normalized spacial score (nSPS) is 14.5. The van der Waals surface area contributed by atoms with Crippen molar-refractivity contribution in [3.8, 4) is 0 Å². The molecule has 0 saturated carbocycles. The molecule has 1 saturated heterocycles. The minimum atomic E-state index is -0.813. The van der Waals surface area contributed by atoms with Crippen LogP contribution in [-0.2, 0) is 16.1 Å². The van der Waals surface area contributed by atoms with Crippen LogP contribution >= 0.6 is 0 Å². The zero-order valence-corrected chi connectivity index (χ0v) is 15.1. The molecule has 4 amide bonds. The highest BCUT2D eigenvalue weighted by molar-refractivity contribution is 6.52. The summed E-state index contributed by atoms with van der Waals surface area (Å²) in [5, 5.41) is 1.98. The van der Waals surface area contributed by atoms with Crippen molar-refractivity contribution in [2.24, 2.45) is 0 Å². The van der Waals surface area contributed by atoms with Gasteiger partial charge in [-0.15, -0.1) is 0 Å². The number of imide groups is 2. The smallest absolute Gasteiger partial charge is 0.263 e. The van der Waals surface area contributed by atoms with Gasteiger partial charge in [0.25, 0.3) is 0 Å². The molecular formula is C22H18N2O3. The van der Waals surface area contributed by atoms with E-state index in [1.54, 1.807) is 6.07 Å². The fourth-order valence-corrected chi connectivity index (χ4v) is 3.51. The summed E-state index contributed by atoms with van der Waals surface area (Å²) in [5.74, 6) is -1.61. The Morgan fingerprint density at radius 1 is 0.815 bits per heavy atom. The Morgan fingerprint density at radius 3 is 2.33 bits per heavy atom. The Labute approximate surface area is 156 Å². The number of carbonyl (C=O) groups excluding carboxylic acids is 3. The van der Waals surface area contributed by atoms with Crippen molar-refractivity contribution in [2.75, 3.05) is 4.90 Å². The Bertz CT molecular complexity index is 1100. The average Bonchev–Trinajstić information content (AvgIpc) is 2.86. The monoisotopic (exact) mass is 358 g/mol. The second-order valence-electron chi connectivity index (χ2n) is 6.74. The van der Waals surface area contributed by atoms with E-state index in [-0.39, 0.29) is 6.54 Å². The van der Waals surface area contributed by atoms with Crippen molar-refractivity contribution < 1.29 is 14.4 Å². The summed E-state index contributed by atoms with van der Waals surface area (Å²) in [7, 11) is 0. The third-order valence-electron chi connectivity index (χ3n) is 4.85. The van der Waals surface area contributed by atoms with Crippen LogP contribution in [0.1, 0.15) is 16.7 Å². The number of nitrogens with zero attached hydrogens (tertiary/aromatic N) is 2. The highest BCUT2D eigenvalue weighted by atomic mass is 16.2. The lowest BCUT2D eigenvalue weighted by Gasteiger charge is -2.18. The molecule has 5 heteroatoms. The molecule has 0 atom stereocenters. The topological polar surface area (TPSA) is 57.7 Å². The molecule has 1 fully saturated rings. The molecule has 134 valence electrons. The molecular weight excluding hydrogens is 340 g/mol. The van der Waals surface area contributed by atoms with Gasteiger partial charge in [-0.05, 0) is 41.8 Å². The van der Waals surface area contributed by atoms with Gasteiger partial charge in [0.05, 0.1) is 12.2 Å². The maximum atomic E-state index is 12.9. The Balaban J connectivity index is 1.71. The van der Waals surface area contributed by atoms with Crippen molar-refractivity contribution in [1.29, 1.82) is 0 Å². The molecule has 0 unspecified atom stereocenters. The molecule has 0 aliphatic carbocycles. The van der Waals surface area contributed by atoms with Crippen LogP contribution in [0.4, 0.5) is 10.5 Å². The van der Waals surface area contributed by atoms with E-state index in [2.05, 4.69) is 0 Å². The number of hydrogen-bond donors (Lipinski definition) is 0. The van der Waals surface area contributed by atoms with Crippen molar-refractivity contribution in [3.05, 3.63) is 77.4 Å². The quantitative estimate of drug-likeness (QED) is 0.526. The summed E-state index contributed by atoms with van der Waals surface area (Å²) < 4.78 is 0. The fraction of sp³-hybridized carbons (Fsp3) is 0.136. The average molecular weight is 358 g/mol. The Morgan fingerprint density at radius 2 is 1.56 bits per heavy atom. The molecule has 5 nitrogen and oxygen atoms in total. The molecule has 0 N–H and O–H groups in total. The number of carbonyl (C=O) groups is 3. The number of hydrogen-bond acceptors (Lipinski definition) is 3. The van der Waals surface area contributed by atoms with E-state index >= 15 is 0 Å². The van der Waals surface area contributed by atoms with Gasteiger partial charge in [0, 0.05) is 0 Å². The number of aryl methyl sites for hydroxylation is 2. The molecule has 0 spiro atoms. The van der Waals surface area contributed by atoms with E-state index < -0.39 is 17.8 Å². The zero-order chi connectivity index (χ0) is 19.1. The first-order valence-electron chi connectivity index (χ1n) is 8.71. The van der Waals surface area contributed by atoms with Gasteiger partial charge in [0.15, 0.2) is 0 Å². The van der Waals surface area contributed by atoms with E-state index in [1.807, 2.05) is 68.4 Å². The van der Waals surface area contributed by atoms with Crippen LogP contribution < -0.4 is 4.90 Å². The summed E-state index contributed by atoms with van der Waals surface area (Å²) in [6.45, 7) is 3.81. The lowest BCUT2D eigenvalue weighted by atomic mass is 10.0. The van der Waals surface area contributed by atoms with Gasteiger partial charge >= 0.3 is 17.8 Å². The van der Waals surface area contributed by atoms with Gasteiger partial charge in [-0.25, -0.2) is 9.69 Å². The van der Waals surface area contributed by atoms with Gasteiger partial charge < -0.3 is 0 Å². The highest BCUT2D eigenvalue weighted by Crippen LogP contribution is 2.28. The molecule has 0 aromatic heterocycles. The number of rotatable bonds is 3. The summed E-state index contributed by atoms with van der Waals surface area (Å²) in [6.07, 6.45) is 0. The molecule has 3 aromatic rings. The molecule has 27 heavy (non-hydrogen) atoms. The molecule has 1 heterocycles. The summed E-state index contributed by atoms with van der Waals surface area (Å²) >= 11 is 0. The van der Waals surface area contributed by atoms with Crippen LogP contribution in [0.15, 0.2) is 60.7 Å². The molecule has 0 radical (unpaired) electrons. The van der Waals surface area contributed by atoms with Gasteiger partial charge in [-0.2, -0.15) is 0 Å². The fourth-order valence-electron chi connectivity index (χ4n) is 3.51. The van der Waals surface area contributed by atoms with Crippen LogP contribution in [0.2, 0.25) is 0 Å². The van der Waals surface area contributed by atoms with E-state index in [0.29, 0.717) is 5.69 Å². The lowest BCUT2D eigenvalue weighted by molar-refractivity contribution is -0.139. The second kappa shape index (κ2) is 6.36. The van der Waals surface area contributed by atoms with Crippen molar-refractivity contribution in [1.82, 2.24) is 4.90 Å². The maximum Gasteiger partial charge on any atom is 0.339 e. The number of amides is 4. The number of anilines is 1. The van der Waals surface area contributed by atoms with E-state index in [4.69, 9.17) is 0 Å². The third kappa shape index (κ3) is 2.77. The highest BCUT2D eigenvalue weighted by Gasteiger charge is 2.45.